The molecule has 0 bridgehead atoms. The molecule has 1 aromatic rings. The molecule has 9 heteroatoms. The van der Waals surface area contributed by atoms with Crippen LogP contribution in [-0.4, -0.2) is 53.5 Å². The average molecular weight is 355 g/mol. The summed E-state index contributed by atoms with van der Waals surface area (Å²) in [6.45, 7) is 1.96. The number of nitro benzene ring substituents is 1. The number of nitrogens with zero attached hydrogens (tertiary/aromatic N) is 2. The number of nitro groups is 1. The molecule has 0 heterocycles. The summed E-state index contributed by atoms with van der Waals surface area (Å²) in [5.74, 6) is -0.303. The predicted molar refractivity (Wildman–Crippen MR) is 93.9 cm³/mol. The van der Waals surface area contributed by atoms with Gasteiger partial charge < -0.3 is 15.3 Å². The van der Waals surface area contributed by atoms with E-state index in [0.717, 1.165) is 11.8 Å². The first-order valence-corrected chi connectivity index (χ1v) is 8.50. The molecular formula is C15H21N3O5S. The number of carboxylic acid groups (broad SMARTS) is 1. The monoisotopic (exact) mass is 355 g/mol. The number of rotatable bonds is 9. The maximum atomic E-state index is 12.2. The van der Waals surface area contributed by atoms with Gasteiger partial charge in [-0.2, -0.15) is 11.8 Å². The van der Waals surface area contributed by atoms with Crippen molar-refractivity contribution in [1.82, 2.24) is 5.32 Å². The van der Waals surface area contributed by atoms with Crippen LogP contribution in [0.4, 0.5) is 11.4 Å². The standard InChI is InChI=1S/C15H21N3O5S/c1-4-24-8-7-11(15(20)21)16-14(19)10-5-6-12(17(2)3)13(9-10)18(22)23/h5-6,9,11H,4,7-8H2,1-3H3,(H,16,19)(H,20,21). The third kappa shape index (κ3) is 5.41. The van der Waals surface area contributed by atoms with Crippen LogP contribution in [-0.2, 0) is 4.79 Å². The van der Waals surface area contributed by atoms with E-state index >= 15 is 0 Å². The fourth-order valence-corrected chi connectivity index (χ4v) is 2.72. The van der Waals surface area contributed by atoms with Crippen LogP contribution in [0.3, 0.4) is 0 Å². The first kappa shape index (κ1) is 19.8. The maximum absolute atomic E-state index is 12.2. The summed E-state index contributed by atoms with van der Waals surface area (Å²) in [5, 5.41) is 22.8. The highest BCUT2D eigenvalue weighted by Gasteiger charge is 2.23. The second kappa shape index (κ2) is 9.11. The normalized spacial score (nSPS) is 11.6. The molecule has 0 radical (unpaired) electrons. The minimum absolute atomic E-state index is 0.0571. The average Bonchev–Trinajstić information content (AvgIpc) is 2.52. The van der Waals surface area contributed by atoms with Gasteiger partial charge in [-0.05, 0) is 30.1 Å². The van der Waals surface area contributed by atoms with Gasteiger partial charge in [-0.3, -0.25) is 14.9 Å². The lowest BCUT2D eigenvalue weighted by molar-refractivity contribution is -0.384. The third-order valence-electron chi connectivity index (χ3n) is 3.27. The van der Waals surface area contributed by atoms with E-state index in [1.807, 2.05) is 6.92 Å². The van der Waals surface area contributed by atoms with Gasteiger partial charge in [0.25, 0.3) is 11.6 Å². The van der Waals surface area contributed by atoms with E-state index in [1.165, 1.54) is 12.1 Å². The van der Waals surface area contributed by atoms with Crippen LogP contribution in [0.1, 0.15) is 23.7 Å². The lowest BCUT2D eigenvalue weighted by atomic mass is 10.1. The number of hydrogen-bond donors (Lipinski definition) is 2. The number of anilines is 1. The Morgan fingerprint density at radius 3 is 2.58 bits per heavy atom. The summed E-state index contributed by atoms with van der Waals surface area (Å²) >= 11 is 1.58. The van der Waals surface area contributed by atoms with E-state index in [2.05, 4.69) is 5.32 Å². The number of thioether (sulfide) groups is 1. The predicted octanol–water partition coefficient (Wildman–Crippen LogP) is 1.99. The topological polar surface area (TPSA) is 113 Å². The number of amides is 1. The van der Waals surface area contributed by atoms with E-state index in [-0.39, 0.29) is 17.7 Å². The van der Waals surface area contributed by atoms with Gasteiger partial charge in [0, 0.05) is 25.7 Å². The third-order valence-corrected chi connectivity index (χ3v) is 4.21. The number of carboxylic acids is 1. The van der Waals surface area contributed by atoms with Crippen LogP contribution in [0, 0.1) is 10.1 Å². The van der Waals surface area contributed by atoms with Gasteiger partial charge in [0.2, 0.25) is 0 Å². The van der Waals surface area contributed by atoms with Crippen LogP contribution >= 0.6 is 11.8 Å². The second-order valence-electron chi connectivity index (χ2n) is 5.20. The zero-order chi connectivity index (χ0) is 18.3. The number of hydrogen-bond acceptors (Lipinski definition) is 6. The summed E-state index contributed by atoms with van der Waals surface area (Å²) in [7, 11) is 3.32. The van der Waals surface area contributed by atoms with Crippen LogP contribution in [0.15, 0.2) is 18.2 Å². The Labute approximate surface area is 144 Å². The zero-order valence-electron chi connectivity index (χ0n) is 13.8. The van der Waals surface area contributed by atoms with Crippen molar-refractivity contribution in [3.63, 3.8) is 0 Å². The van der Waals surface area contributed by atoms with Gasteiger partial charge in [-0.15, -0.1) is 0 Å². The van der Waals surface area contributed by atoms with Gasteiger partial charge in [-0.1, -0.05) is 6.92 Å². The highest BCUT2D eigenvalue weighted by molar-refractivity contribution is 7.99. The number of carbonyl (C=O) groups is 2. The molecule has 2 N–H and O–H groups in total. The summed E-state index contributed by atoms with van der Waals surface area (Å²) < 4.78 is 0. The van der Waals surface area contributed by atoms with E-state index in [9.17, 15) is 24.8 Å². The van der Waals surface area contributed by atoms with E-state index in [1.54, 1.807) is 30.8 Å². The Morgan fingerprint density at radius 1 is 1.42 bits per heavy atom. The largest absolute Gasteiger partial charge is 0.480 e. The fraction of sp³-hybridized carbons (Fsp3) is 0.467. The molecule has 1 rings (SSSR count). The van der Waals surface area contributed by atoms with Gasteiger partial charge >= 0.3 is 5.97 Å². The molecule has 0 fully saturated rings. The Kier molecular flexibility index (Phi) is 7.50. The first-order chi connectivity index (χ1) is 11.3. The molecule has 1 amide bonds. The number of carbonyl (C=O) groups excluding carboxylic acids is 1. The molecule has 0 aliphatic carbocycles. The maximum Gasteiger partial charge on any atom is 0.326 e. The number of aliphatic carboxylic acids is 1. The molecule has 0 saturated carbocycles. The molecule has 1 aromatic carbocycles. The van der Waals surface area contributed by atoms with E-state index in [4.69, 9.17) is 0 Å². The van der Waals surface area contributed by atoms with Crippen molar-refractivity contribution in [2.75, 3.05) is 30.5 Å². The Hall–Kier alpha value is -2.29. The number of benzene rings is 1. The van der Waals surface area contributed by atoms with Crippen molar-refractivity contribution in [3.8, 4) is 0 Å². The SMILES string of the molecule is CCSCCC(NC(=O)c1ccc(N(C)C)c([N+](=O)[O-])c1)C(=O)O. The number of nitrogens with one attached hydrogen (secondary N) is 1. The van der Waals surface area contributed by atoms with Crippen molar-refractivity contribution in [2.24, 2.45) is 0 Å². The Balaban J connectivity index is 2.95. The quantitative estimate of drug-likeness (QED) is 0.395. The van der Waals surface area contributed by atoms with Crippen molar-refractivity contribution in [1.29, 1.82) is 0 Å². The molecule has 1 atom stereocenters. The van der Waals surface area contributed by atoms with Crippen molar-refractivity contribution < 1.29 is 19.6 Å². The molecule has 0 aliphatic heterocycles. The lowest BCUT2D eigenvalue weighted by Gasteiger charge is -2.16. The molecule has 24 heavy (non-hydrogen) atoms. The Bertz CT molecular complexity index is 621. The van der Waals surface area contributed by atoms with Crippen LogP contribution in [0.5, 0.6) is 0 Å². The molecule has 1 unspecified atom stereocenters. The van der Waals surface area contributed by atoms with Gasteiger partial charge in [0.1, 0.15) is 11.7 Å². The first-order valence-electron chi connectivity index (χ1n) is 7.35. The Morgan fingerprint density at radius 2 is 2.08 bits per heavy atom. The molecular weight excluding hydrogens is 334 g/mol. The van der Waals surface area contributed by atoms with E-state index in [0.29, 0.717) is 11.4 Å². The smallest absolute Gasteiger partial charge is 0.326 e. The lowest BCUT2D eigenvalue weighted by Crippen LogP contribution is -2.41. The molecule has 0 spiro atoms. The highest BCUT2D eigenvalue weighted by Crippen LogP contribution is 2.27. The molecule has 0 aliphatic rings. The zero-order valence-corrected chi connectivity index (χ0v) is 14.6. The van der Waals surface area contributed by atoms with Crippen molar-refractivity contribution in [3.05, 3.63) is 33.9 Å². The van der Waals surface area contributed by atoms with Crippen LogP contribution in [0.2, 0.25) is 0 Å². The van der Waals surface area contributed by atoms with Crippen LogP contribution in [0.25, 0.3) is 0 Å². The van der Waals surface area contributed by atoms with Crippen LogP contribution < -0.4 is 10.2 Å². The second-order valence-corrected chi connectivity index (χ2v) is 6.60. The fourth-order valence-electron chi connectivity index (χ4n) is 2.03. The molecule has 0 saturated heterocycles. The minimum atomic E-state index is -1.13. The van der Waals surface area contributed by atoms with Gasteiger partial charge in [-0.25, -0.2) is 4.79 Å². The molecule has 8 nitrogen and oxygen atoms in total. The molecule has 132 valence electrons. The summed E-state index contributed by atoms with van der Waals surface area (Å²) in [6.07, 6.45) is 0.289. The summed E-state index contributed by atoms with van der Waals surface area (Å²) in [6, 6.07) is 3.04. The van der Waals surface area contributed by atoms with Crippen molar-refractivity contribution >= 4 is 35.0 Å². The van der Waals surface area contributed by atoms with Crippen molar-refractivity contribution in [2.45, 2.75) is 19.4 Å². The summed E-state index contributed by atoms with van der Waals surface area (Å²) in [4.78, 5) is 35.6. The van der Waals surface area contributed by atoms with Gasteiger partial charge in [0.05, 0.1) is 4.92 Å². The highest BCUT2D eigenvalue weighted by atomic mass is 32.2. The van der Waals surface area contributed by atoms with Gasteiger partial charge in [0.15, 0.2) is 0 Å². The van der Waals surface area contributed by atoms with E-state index < -0.39 is 22.8 Å². The molecule has 0 aromatic heterocycles. The summed E-state index contributed by atoms with van der Waals surface area (Å²) in [5.41, 5.74) is 0.216. The minimum Gasteiger partial charge on any atom is -0.480 e.